The van der Waals surface area contributed by atoms with Crippen LogP contribution in [0.15, 0.2) is 53.1 Å². The van der Waals surface area contributed by atoms with Crippen molar-refractivity contribution in [1.82, 2.24) is 5.32 Å². The summed E-state index contributed by atoms with van der Waals surface area (Å²) in [5.41, 5.74) is 2.52. The molecule has 0 unspecified atom stereocenters. The summed E-state index contributed by atoms with van der Waals surface area (Å²) in [5, 5.41) is 6.03. The zero-order chi connectivity index (χ0) is 15.2. The van der Waals surface area contributed by atoms with Gasteiger partial charge in [-0.15, -0.1) is 0 Å². The Morgan fingerprint density at radius 3 is 2.76 bits per heavy atom. The van der Waals surface area contributed by atoms with Crippen LogP contribution in [0, 0.1) is 6.92 Å². The van der Waals surface area contributed by atoms with Gasteiger partial charge in [0, 0.05) is 21.4 Å². The fourth-order valence-corrected chi connectivity index (χ4v) is 2.32. The molecule has 0 saturated heterocycles. The van der Waals surface area contributed by atoms with Gasteiger partial charge < -0.3 is 10.6 Å². The van der Waals surface area contributed by atoms with E-state index < -0.39 is 0 Å². The molecule has 5 heteroatoms. The number of nitrogens with one attached hydrogen (secondary N) is 2. The van der Waals surface area contributed by atoms with Gasteiger partial charge in [0.05, 0.1) is 0 Å². The van der Waals surface area contributed by atoms with E-state index in [1.165, 1.54) is 0 Å². The summed E-state index contributed by atoms with van der Waals surface area (Å²) < 4.78 is 0.989. The lowest BCUT2D eigenvalue weighted by molar-refractivity contribution is 0.255. The molecular weight excluding hydrogens is 352 g/mol. The number of amides is 2. The van der Waals surface area contributed by atoms with E-state index in [4.69, 9.17) is 11.6 Å². The Labute approximate surface area is 137 Å². The van der Waals surface area contributed by atoms with Crippen LogP contribution in [0.1, 0.15) is 11.1 Å². The van der Waals surface area contributed by atoms with Crippen LogP contribution in [-0.4, -0.2) is 6.03 Å². The lowest BCUT2D eigenvalue weighted by Gasteiger charge is -2.08. The molecule has 2 amide bonds. The number of benzene rings is 2. The summed E-state index contributed by atoms with van der Waals surface area (Å²) in [5.74, 6) is 0. The van der Waals surface area contributed by atoms with Crippen molar-refractivity contribution >= 4 is 45.3 Å². The molecular formula is C16H14BrClN2O. The van der Waals surface area contributed by atoms with Crippen LogP contribution in [0.25, 0.3) is 6.08 Å². The standard InChI is InChI=1S/C16H14BrClN2O/c1-11-14(18)6-3-7-15(11)20-16(21)19-9-8-12-4-2-5-13(17)10-12/h2-10H,1H3,(H2,19,20,21)/b9-8+. The van der Waals surface area contributed by atoms with Crippen molar-refractivity contribution in [3.63, 3.8) is 0 Å². The van der Waals surface area contributed by atoms with E-state index >= 15 is 0 Å². The Morgan fingerprint density at radius 2 is 2.00 bits per heavy atom. The third-order valence-electron chi connectivity index (χ3n) is 2.85. The molecule has 0 aliphatic carbocycles. The Kier molecular flexibility index (Phi) is 5.42. The fourth-order valence-electron chi connectivity index (χ4n) is 1.73. The maximum Gasteiger partial charge on any atom is 0.323 e. The van der Waals surface area contributed by atoms with Crippen molar-refractivity contribution in [2.45, 2.75) is 6.92 Å². The largest absolute Gasteiger partial charge is 0.323 e. The van der Waals surface area contributed by atoms with E-state index in [2.05, 4.69) is 26.6 Å². The van der Waals surface area contributed by atoms with Gasteiger partial charge in [0.15, 0.2) is 0 Å². The van der Waals surface area contributed by atoms with Crippen LogP contribution < -0.4 is 10.6 Å². The molecule has 0 atom stereocenters. The first kappa shape index (κ1) is 15.6. The van der Waals surface area contributed by atoms with E-state index in [0.717, 1.165) is 15.6 Å². The molecule has 0 aliphatic heterocycles. The van der Waals surface area contributed by atoms with Gasteiger partial charge in [0.25, 0.3) is 0 Å². The molecule has 0 aromatic heterocycles. The van der Waals surface area contributed by atoms with Crippen LogP contribution in [0.2, 0.25) is 5.02 Å². The molecule has 2 N–H and O–H groups in total. The molecule has 0 aliphatic rings. The number of urea groups is 1. The van der Waals surface area contributed by atoms with E-state index in [1.807, 2.05) is 37.3 Å². The van der Waals surface area contributed by atoms with Crippen molar-refractivity contribution in [1.29, 1.82) is 0 Å². The number of hydrogen-bond donors (Lipinski definition) is 2. The predicted molar refractivity (Wildman–Crippen MR) is 91.5 cm³/mol. The minimum absolute atomic E-state index is 0.313. The van der Waals surface area contributed by atoms with Gasteiger partial charge in [-0.25, -0.2) is 4.79 Å². The van der Waals surface area contributed by atoms with Gasteiger partial charge in [-0.05, 0) is 48.4 Å². The highest BCUT2D eigenvalue weighted by Crippen LogP contribution is 2.22. The third kappa shape index (κ3) is 4.62. The SMILES string of the molecule is Cc1c(Cl)cccc1NC(=O)N/C=C/c1cccc(Br)c1. The highest BCUT2D eigenvalue weighted by atomic mass is 79.9. The number of rotatable bonds is 3. The molecule has 0 fully saturated rings. The van der Waals surface area contributed by atoms with Gasteiger partial charge in [0.2, 0.25) is 0 Å². The maximum absolute atomic E-state index is 11.8. The lowest BCUT2D eigenvalue weighted by Crippen LogP contribution is -2.24. The third-order valence-corrected chi connectivity index (χ3v) is 3.76. The molecule has 21 heavy (non-hydrogen) atoms. The van der Waals surface area contributed by atoms with E-state index in [-0.39, 0.29) is 6.03 Å². The van der Waals surface area contributed by atoms with Gasteiger partial charge in [-0.3, -0.25) is 0 Å². The Balaban J connectivity index is 1.95. The van der Waals surface area contributed by atoms with E-state index in [0.29, 0.717) is 10.7 Å². The first-order valence-electron chi connectivity index (χ1n) is 6.31. The smallest absolute Gasteiger partial charge is 0.314 e. The Bertz CT molecular complexity index is 686. The summed E-state index contributed by atoms with van der Waals surface area (Å²) in [4.78, 5) is 11.8. The quantitative estimate of drug-likeness (QED) is 0.771. The van der Waals surface area contributed by atoms with Gasteiger partial charge in [-0.1, -0.05) is 45.7 Å². The average Bonchev–Trinajstić information content (AvgIpc) is 2.44. The Hall–Kier alpha value is -1.78. The molecule has 0 radical (unpaired) electrons. The molecule has 2 aromatic carbocycles. The molecule has 0 bridgehead atoms. The lowest BCUT2D eigenvalue weighted by atomic mass is 10.2. The first-order valence-corrected chi connectivity index (χ1v) is 7.48. The number of hydrogen-bond acceptors (Lipinski definition) is 1. The van der Waals surface area contributed by atoms with Crippen LogP contribution in [0.5, 0.6) is 0 Å². The second kappa shape index (κ2) is 7.29. The number of anilines is 1. The second-order valence-electron chi connectivity index (χ2n) is 4.40. The molecule has 3 nitrogen and oxygen atoms in total. The number of carbonyl (C=O) groups is 1. The van der Waals surface area contributed by atoms with Gasteiger partial charge in [0.1, 0.15) is 0 Å². The summed E-state index contributed by atoms with van der Waals surface area (Å²) in [7, 11) is 0. The average molecular weight is 366 g/mol. The van der Waals surface area contributed by atoms with Crippen LogP contribution in [0.4, 0.5) is 10.5 Å². The number of carbonyl (C=O) groups excluding carboxylic acids is 1. The second-order valence-corrected chi connectivity index (χ2v) is 5.72. The molecule has 0 saturated carbocycles. The minimum Gasteiger partial charge on any atom is -0.314 e. The monoisotopic (exact) mass is 364 g/mol. The normalized spacial score (nSPS) is 10.6. The zero-order valence-corrected chi connectivity index (χ0v) is 13.7. The Morgan fingerprint density at radius 1 is 1.24 bits per heavy atom. The molecule has 0 heterocycles. The highest BCUT2D eigenvalue weighted by molar-refractivity contribution is 9.10. The van der Waals surface area contributed by atoms with Crippen molar-refractivity contribution in [3.8, 4) is 0 Å². The molecule has 0 spiro atoms. The van der Waals surface area contributed by atoms with Crippen LogP contribution in [-0.2, 0) is 0 Å². The van der Waals surface area contributed by atoms with Gasteiger partial charge in [-0.2, -0.15) is 0 Å². The molecule has 2 rings (SSSR count). The van der Waals surface area contributed by atoms with Crippen molar-refractivity contribution in [2.24, 2.45) is 0 Å². The van der Waals surface area contributed by atoms with E-state index in [1.54, 1.807) is 24.4 Å². The summed E-state index contributed by atoms with van der Waals surface area (Å²) in [6.07, 6.45) is 3.41. The van der Waals surface area contributed by atoms with Crippen molar-refractivity contribution < 1.29 is 4.79 Å². The molecule has 108 valence electrons. The van der Waals surface area contributed by atoms with Crippen LogP contribution >= 0.6 is 27.5 Å². The minimum atomic E-state index is -0.313. The van der Waals surface area contributed by atoms with Gasteiger partial charge >= 0.3 is 6.03 Å². The predicted octanol–water partition coefficient (Wildman–Crippen LogP) is 5.20. The van der Waals surface area contributed by atoms with Crippen molar-refractivity contribution in [3.05, 3.63) is 69.3 Å². The topological polar surface area (TPSA) is 41.1 Å². The van der Waals surface area contributed by atoms with Crippen molar-refractivity contribution in [2.75, 3.05) is 5.32 Å². The fraction of sp³-hybridized carbons (Fsp3) is 0.0625. The number of halogens is 2. The van der Waals surface area contributed by atoms with Crippen LogP contribution in [0.3, 0.4) is 0 Å². The maximum atomic E-state index is 11.8. The zero-order valence-electron chi connectivity index (χ0n) is 11.4. The summed E-state index contributed by atoms with van der Waals surface area (Å²) in [6.45, 7) is 1.86. The highest BCUT2D eigenvalue weighted by Gasteiger charge is 2.04. The molecule has 2 aromatic rings. The summed E-state index contributed by atoms with van der Waals surface area (Å²) >= 11 is 9.40. The van der Waals surface area contributed by atoms with E-state index in [9.17, 15) is 4.79 Å². The summed E-state index contributed by atoms with van der Waals surface area (Å²) in [6, 6.07) is 12.8. The first-order chi connectivity index (χ1) is 10.1.